The summed E-state index contributed by atoms with van der Waals surface area (Å²) in [5.74, 6) is 0.210. The molecule has 0 saturated carbocycles. The van der Waals surface area contributed by atoms with Gasteiger partial charge in [0.15, 0.2) is 6.61 Å². The van der Waals surface area contributed by atoms with Crippen molar-refractivity contribution in [2.24, 2.45) is 0 Å². The van der Waals surface area contributed by atoms with Crippen LogP contribution in [0.3, 0.4) is 0 Å². The number of aromatic nitrogens is 1. The van der Waals surface area contributed by atoms with E-state index in [0.717, 1.165) is 19.3 Å². The Labute approximate surface area is 118 Å². The Morgan fingerprint density at radius 1 is 1.30 bits per heavy atom. The van der Waals surface area contributed by atoms with Crippen LogP contribution in [0.2, 0.25) is 0 Å². The van der Waals surface area contributed by atoms with Gasteiger partial charge in [0.2, 0.25) is 0 Å². The number of hydrogen-bond acceptors (Lipinski definition) is 5. The number of nitrogens with one attached hydrogen (secondary N) is 1. The Morgan fingerprint density at radius 3 is 2.85 bits per heavy atom. The highest BCUT2D eigenvalue weighted by molar-refractivity contribution is 5.77. The molecule has 1 N–H and O–H groups in total. The SMILES string of the molecule is COC(=O)CCCCCNC(=O)COc1cccnc1. The molecule has 6 heteroatoms. The van der Waals surface area contributed by atoms with Crippen molar-refractivity contribution in [2.75, 3.05) is 20.3 Å². The first-order valence-corrected chi connectivity index (χ1v) is 6.58. The average Bonchev–Trinajstić information content (AvgIpc) is 2.49. The van der Waals surface area contributed by atoms with E-state index in [4.69, 9.17) is 4.74 Å². The van der Waals surface area contributed by atoms with Crippen molar-refractivity contribution in [1.29, 1.82) is 0 Å². The fourth-order valence-corrected chi connectivity index (χ4v) is 1.53. The minimum absolute atomic E-state index is 0.0200. The lowest BCUT2D eigenvalue weighted by Gasteiger charge is -2.07. The summed E-state index contributed by atoms with van der Waals surface area (Å²) >= 11 is 0. The molecule has 0 aliphatic heterocycles. The zero-order valence-corrected chi connectivity index (χ0v) is 11.6. The number of pyridine rings is 1. The van der Waals surface area contributed by atoms with E-state index < -0.39 is 0 Å². The van der Waals surface area contributed by atoms with Gasteiger partial charge in [0, 0.05) is 19.2 Å². The highest BCUT2D eigenvalue weighted by Gasteiger charge is 2.03. The predicted molar refractivity (Wildman–Crippen MR) is 73.2 cm³/mol. The topological polar surface area (TPSA) is 77.5 Å². The van der Waals surface area contributed by atoms with Crippen LogP contribution in [0, 0.1) is 0 Å². The maximum atomic E-state index is 11.5. The Bertz CT molecular complexity index is 409. The van der Waals surface area contributed by atoms with Gasteiger partial charge in [-0.25, -0.2) is 0 Å². The molecule has 1 heterocycles. The zero-order chi connectivity index (χ0) is 14.6. The summed E-state index contributed by atoms with van der Waals surface area (Å²) in [4.78, 5) is 26.2. The first-order chi connectivity index (χ1) is 9.72. The number of amides is 1. The third kappa shape index (κ3) is 7.35. The number of carbonyl (C=O) groups excluding carboxylic acids is 2. The molecule has 0 aliphatic rings. The summed E-state index contributed by atoms with van der Waals surface area (Å²) in [5, 5.41) is 2.75. The number of hydrogen-bond donors (Lipinski definition) is 1. The van der Waals surface area contributed by atoms with Gasteiger partial charge in [-0.15, -0.1) is 0 Å². The van der Waals surface area contributed by atoms with E-state index in [-0.39, 0.29) is 18.5 Å². The van der Waals surface area contributed by atoms with Gasteiger partial charge in [0.05, 0.1) is 13.3 Å². The molecule has 0 atom stereocenters. The van der Waals surface area contributed by atoms with Crippen LogP contribution in [-0.2, 0) is 14.3 Å². The Morgan fingerprint density at radius 2 is 2.15 bits per heavy atom. The lowest BCUT2D eigenvalue weighted by molar-refractivity contribution is -0.140. The maximum absolute atomic E-state index is 11.5. The second-order valence-electron chi connectivity index (χ2n) is 4.21. The second kappa shape index (κ2) is 9.77. The summed E-state index contributed by atoms with van der Waals surface area (Å²) < 4.78 is 9.79. The lowest BCUT2D eigenvalue weighted by Crippen LogP contribution is -2.29. The number of unbranched alkanes of at least 4 members (excludes halogenated alkanes) is 2. The molecule has 110 valence electrons. The fraction of sp³-hybridized carbons (Fsp3) is 0.500. The van der Waals surface area contributed by atoms with Gasteiger partial charge in [-0.1, -0.05) is 6.42 Å². The molecule has 1 amide bonds. The van der Waals surface area contributed by atoms with Gasteiger partial charge in [0.1, 0.15) is 5.75 Å². The molecule has 0 fully saturated rings. The van der Waals surface area contributed by atoms with E-state index in [1.54, 1.807) is 24.5 Å². The number of esters is 1. The third-order valence-corrected chi connectivity index (χ3v) is 2.61. The van der Waals surface area contributed by atoms with Gasteiger partial charge >= 0.3 is 5.97 Å². The number of rotatable bonds is 9. The Balaban J connectivity index is 1.99. The molecule has 1 rings (SSSR count). The average molecular weight is 280 g/mol. The van der Waals surface area contributed by atoms with E-state index in [1.807, 2.05) is 0 Å². The zero-order valence-electron chi connectivity index (χ0n) is 11.6. The Kier molecular flexibility index (Phi) is 7.79. The molecule has 6 nitrogen and oxygen atoms in total. The van der Waals surface area contributed by atoms with Crippen LogP contribution in [-0.4, -0.2) is 37.1 Å². The van der Waals surface area contributed by atoms with Crippen LogP contribution >= 0.6 is 0 Å². The predicted octanol–water partition coefficient (Wildman–Crippen LogP) is 1.31. The van der Waals surface area contributed by atoms with Crippen molar-refractivity contribution in [1.82, 2.24) is 10.3 Å². The van der Waals surface area contributed by atoms with Gasteiger partial charge in [-0.2, -0.15) is 0 Å². The highest BCUT2D eigenvalue weighted by atomic mass is 16.5. The Hall–Kier alpha value is -2.11. The van der Waals surface area contributed by atoms with E-state index in [2.05, 4.69) is 15.0 Å². The molecule has 0 unspecified atom stereocenters. The van der Waals surface area contributed by atoms with Gasteiger partial charge in [-0.05, 0) is 25.0 Å². The molecule has 0 aromatic carbocycles. The van der Waals surface area contributed by atoms with E-state index >= 15 is 0 Å². The summed E-state index contributed by atoms with van der Waals surface area (Å²) in [6, 6.07) is 3.49. The summed E-state index contributed by atoms with van der Waals surface area (Å²) in [6.07, 6.45) is 6.10. The molecular formula is C14H20N2O4. The van der Waals surface area contributed by atoms with Crippen molar-refractivity contribution in [3.8, 4) is 5.75 Å². The van der Waals surface area contributed by atoms with E-state index in [0.29, 0.717) is 18.7 Å². The van der Waals surface area contributed by atoms with Crippen molar-refractivity contribution >= 4 is 11.9 Å². The fourth-order valence-electron chi connectivity index (χ4n) is 1.53. The number of ether oxygens (including phenoxy) is 2. The monoisotopic (exact) mass is 280 g/mol. The molecule has 0 saturated heterocycles. The normalized spacial score (nSPS) is 9.85. The molecule has 0 radical (unpaired) electrons. The number of methoxy groups -OCH3 is 1. The first-order valence-electron chi connectivity index (χ1n) is 6.58. The molecule has 1 aromatic rings. The van der Waals surface area contributed by atoms with Crippen LogP contribution in [0.25, 0.3) is 0 Å². The highest BCUT2D eigenvalue weighted by Crippen LogP contribution is 2.05. The molecule has 0 bridgehead atoms. The lowest BCUT2D eigenvalue weighted by atomic mass is 10.2. The smallest absolute Gasteiger partial charge is 0.305 e. The van der Waals surface area contributed by atoms with Crippen molar-refractivity contribution in [2.45, 2.75) is 25.7 Å². The van der Waals surface area contributed by atoms with E-state index in [9.17, 15) is 9.59 Å². The third-order valence-electron chi connectivity index (χ3n) is 2.61. The van der Waals surface area contributed by atoms with E-state index in [1.165, 1.54) is 7.11 Å². The largest absolute Gasteiger partial charge is 0.482 e. The van der Waals surface area contributed by atoms with Crippen molar-refractivity contribution in [3.63, 3.8) is 0 Å². The minimum Gasteiger partial charge on any atom is -0.482 e. The van der Waals surface area contributed by atoms with Gasteiger partial charge in [0.25, 0.3) is 5.91 Å². The standard InChI is InChI=1S/C14H20N2O4/c1-19-14(18)7-3-2-4-9-16-13(17)11-20-12-6-5-8-15-10-12/h5-6,8,10H,2-4,7,9,11H2,1H3,(H,16,17). The molecule has 20 heavy (non-hydrogen) atoms. The van der Waals surface area contributed by atoms with Crippen molar-refractivity contribution in [3.05, 3.63) is 24.5 Å². The van der Waals surface area contributed by atoms with Crippen LogP contribution in [0.5, 0.6) is 5.75 Å². The number of carbonyl (C=O) groups is 2. The summed E-state index contributed by atoms with van der Waals surface area (Å²) in [7, 11) is 1.38. The molecule has 1 aromatic heterocycles. The number of nitrogens with zero attached hydrogens (tertiary/aromatic N) is 1. The first kappa shape index (κ1) is 15.9. The molecule has 0 aliphatic carbocycles. The second-order valence-corrected chi connectivity index (χ2v) is 4.21. The molecular weight excluding hydrogens is 260 g/mol. The van der Waals surface area contributed by atoms with Crippen molar-refractivity contribution < 1.29 is 19.1 Å². The van der Waals surface area contributed by atoms with Gasteiger partial charge < -0.3 is 14.8 Å². The van der Waals surface area contributed by atoms with Crippen LogP contribution in [0.4, 0.5) is 0 Å². The quantitative estimate of drug-likeness (QED) is 0.545. The van der Waals surface area contributed by atoms with Crippen LogP contribution < -0.4 is 10.1 Å². The summed E-state index contributed by atoms with van der Waals surface area (Å²) in [6.45, 7) is 0.560. The van der Waals surface area contributed by atoms with Gasteiger partial charge in [-0.3, -0.25) is 14.6 Å². The molecule has 0 spiro atoms. The summed E-state index contributed by atoms with van der Waals surface area (Å²) in [5.41, 5.74) is 0. The van der Waals surface area contributed by atoms with Crippen LogP contribution in [0.1, 0.15) is 25.7 Å². The van der Waals surface area contributed by atoms with Crippen LogP contribution in [0.15, 0.2) is 24.5 Å². The minimum atomic E-state index is -0.195. The maximum Gasteiger partial charge on any atom is 0.305 e.